The van der Waals surface area contributed by atoms with Gasteiger partial charge in [0.25, 0.3) is 17.7 Å². The first kappa shape index (κ1) is 22.0. The Labute approximate surface area is 177 Å². The normalized spacial score (nSPS) is 18.2. The molecule has 1 unspecified atom stereocenters. The van der Waals surface area contributed by atoms with Crippen LogP contribution in [0.25, 0.3) is 0 Å². The molecule has 0 spiro atoms. The lowest BCUT2D eigenvalue weighted by molar-refractivity contribution is -0.153. The summed E-state index contributed by atoms with van der Waals surface area (Å²) in [4.78, 5) is 51.6. The molecule has 30 heavy (non-hydrogen) atoms. The Morgan fingerprint density at radius 1 is 1.03 bits per heavy atom. The molecule has 0 radical (unpaired) electrons. The summed E-state index contributed by atoms with van der Waals surface area (Å²) in [5, 5.41) is 2.93. The van der Waals surface area contributed by atoms with Crippen LogP contribution in [-0.4, -0.2) is 47.3 Å². The van der Waals surface area contributed by atoms with Crippen LogP contribution in [0.15, 0.2) is 24.3 Å². The van der Waals surface area contributed by atoms with Crippen molar-refractivity contribution in [2.75, 3.05) is 6.61 Å². The van der Waals surface area contributed by atoms with Crippen LogP contribution in [0.2, 0.25) is 0 Å². The zero-order valence-electron chi connectivity index (χ0n) is 17.7. The zero-order chi connectivity index (χ0) is 21.7. The van der Waals surface area contributed by atoms with Crippen molar-refractivity contribution in [1.29, 1.82) is 0 Å². The Bertz CT molecular complexity index is 777. The Kier molecular flexibility index (Phi) is 7.24. The van der Waals surface area contributed by atoms with Crippen LogP contribution in [0.3, 0.4) is 0 Å². The third-order valence-electron chi connectivity index (χ3n) is 5.67. The van der Waals surface area contributed by atoms with Crippen LogP contribution in [0.5, 0.6) is 0 Å². The van der Waals surface area contributed by atoms with Gasteiger partial charge in [0.2, 0.25) is 0 Å². The van der Waals surface area contributed by atoms with Gasteiger partial charge in [-0.15, -0.1) is 0 Å². The minimum absolute atomic E-state index is 0.0478. The van der Waals surface area contributed by atoms with E-state index in [0.717, 1.165) is 30.6 Å². The molecule has 1 atom stereocenters. The first-order valence-electron chi connectivity index (χ1n) is 10.8. The monoisotopic (exact) mass is 414 g/mol. The first-order chi connectivity index (χ1) is 14.4. The van der Waals surface area contributed by atoms with E-state index in [-0.39, 0.29) is 35.4 Å². The summed E-state index contributed by atoms with van der Waals surface area (Å²) in [6, 6.07) is 5.58. The number of nitrogens with one attached hydrogen (secondary N) is 1. The second-order valence-corrected chi connectivity index (χ2v) is 8.53. The Balaban J connectivity index is 1.64. The summed E-state index contributed by atoms with van der Waals surface area (Å²) in [6.07, 6.45) is 6.67. The molecule has 0 aromatic heterocycles. The van der Waals surface area contributed by atoms with Crippen molar-refractivity contribution in [3.05, 3.63) is 35.4 Å². The fraction of sp³-hybridized carbons (Fsp3) is 0.565. The highest BCUT2D eigenvalue weighted by molar-refractivity contribution is 6.22. The molecule has 1 heterocycles. The number of benzene rings is 1. The van der Waals surface area contributed by atoms with E-state index in [2.05, 4.69) is 5.32 Å². The molecule has 162 valence electrons. The summed E-state index contributed by atoms with van der Waals surface area (Å²) in [5.41, 5.74) is 0.574. The maximum Gasteiger partial charge on any atom is 0.329 e. The highest BCUT2D eigenvalue weighted by Crippen LogP contribution is 2.27. The highest BCUT2D eigenvalue weighted by atomic mass is 16.5. The summed E-state index contributed by atoms with van der Waals surface area (Å²) < 4.78 is 5.25. The van der Waals surface area contributed by atoms with E-state index in [1.165, 1.54) is 12.8 Å². The molecule has 0 bridgehead atoms. The molecule has 2 aliphatic rings. The van der Waals surface area contributed by atoms with Crippen molar-refractivity contribution >= 4 is 23.7 Å². The van der Waals surface area contributed by atoms with Crippen LogP contribution in [-0.2, 0) is 14.3 Å². The highest BCUT2D eigenvalue weighted by Gasteiger charge is 2.43. The van der Waals surface area contributed by atoms with Gasteiger partial charge in [-0.2, -0.15) is 0 Å². The van der Waals surface area contributed by atoms with Crippen molar-refractivity contribution in [2.24, 2.45) is 5.92 Å². The molecule has 1 aliphatic heterocycles. The number of ether oxygens (including phenoxy) is 1. The fourth-order valence-electron chi connectivity index (χ4n) is 4.17. The minimum Gasteiger partial charge on any atom is -0.454 e. The largest absolute Gasteiger partial charge is 0.454 e. The predicted molar refractivity (Wildman–Crippen MR) is 111 cm³/mol. The molecule has 1 fully saturated rings. The van der Waals surface area contributed by atoms with Crippen molar-refractivity contribution in [1.82, 2.24) is 10.2 Å². The van der Waals surface area contributed by atoms with Crippen LogP contribution < -0.4 is 5.32 Å². The quantitative estimate of drug-likeness (QED) is 0.420. The van der Waals surface area contributed by atoms with Crippen molar-refractivity contribution in [3.63, 3.8) is 0 Å². The zero-order valence-corrected chi connectivity index (χ0v) is 17.7. The number of amides is 3. The predicted octanol–water partition coefficient (Wildman–Crippen LogP) is 3.08. The summed E-state index contributed by atoms with van der Waals surface area (Å²) >= 11 is 0. The van der Waals surface area contributed by atoms with Gasteiger partial charge in [0, 0.05) is 6.04 Å². The van der Waals surface area contributed by atoms with Gasteiger partial charge in [0.1, 0.15) is 6.04 Å². The Morgan fingerprint density at radius 2 is 1.60 bits per heavy atom. The smallest absolute Gasteiger partial charge is 0.329 e. The lowest BCUT2D eigenvalue weighted by atomic mass is 10.0. The molecule has 1 aromatic rings. The molecule has 1 aliphatic carbocycles. The van der Waals surface area contributed by atoms with Gasteiger partial charge in [0.05, 0.1) is 11.1 Å². The van der Waals surface area contributed by atoms with Crippen molar-refractivity contribution < 1.29 is 23.9 Å². The number of rotatable bonds is 7. The van der Waals surface area contributed by atoms with Gasteiger partial charge in [-0.1, -0.05) is 51.7 Å². The van der Waals surface area contributed by atoms with Gasteiger partial charge in [0.15, 0.2) is 6.61 Å². The topological polar surface area (TPSA) is 92.8 Å². The number of hydrogen-bond acceptors (Lipinski definition) is 5. The maximum atomic E-state index is 12.8. The van der Waals surface area contributed by atoms with E-state index < -0.39 is 30.4 Å². The number of hydrogen-bond donors (Lipinski definition) is 1. The summed E-state index contributed by atoms with van der Waals surface area (Å²) in [6.45, 7) is 3.39. The number of carbonyl (C=O) groups is 4. The number of imide groups is 1. The van der Waals surface area contributed by atoms with Gasteiger partial charge in [-0.25, -0.2) is 4.79 Å². The minimum atomic E-state index is -1.05. The molecule has 1 aromatic carbocycles. The molecule has 3 rings (SSSR count). The van der Waals surface area contributed by atoms with E-state index in [1.807, 2.05) is 13.8 Å². The summed E-state index contributed by atoms with van der Waals surface area (Å²) in [7, 11) is 0. The Hall–Kier alpha value is -2.70. The third kappa shape index (κ3) is 5.07. The number of carbonyl (C=O) groups excluding carboxylic acids is 4. The van der Waals surface area contributed by atoms with Gasteiger partial charge in [-0.05, 0) is 37.3 Å². The molecule has 7 nitrogen and oxygen atoms in total. The molecular formula is C23H30N2O5. The fourth-order valence-corrected chi connectivity index (χ4v) is 4.17. The van der Waals surface area contributed by atoms with Crippen molar-refractivity contribution in [2.45, 2.75) is 70.9 Å². The van der Waals surface area contributed by atoms with Gasteiger partial charge < -0.3 is 10.1 Å². The second-order valence-electron chi connectivity index (χ2n) is 8.53. The summed E-state index contributed by atoms with van der Waals surface area (Å²) in [5.74, 6) is -2.02. The van der Waals surface area contributed by atoms with E-state index in [4.69, 9.17) is 4.74 Å². The number of fused-ring (bicyclic) bond motifs is 1. The molecule has 1 saturated carbocycles. The average molecular weight is 415 g/mol. The van der Waals surface area contributed by atoms with Gasteiger partial charge in [-0.3, -0.25) is 19.3 Å². The van der Waals surface area contributed by atoms with Gasteiger partial charge >= 0.3 is 5.97 Å². The van der Waals surface area contributed by atoms with E-state index >= 15 is 0 Å². The van der Waals surface area contributed by atoms with Crippen LogP contribution in [0.4, 0.5) is 0 Å². The first-order valence-corrected chi connectivity index (χ1v) is 10.8. The second kappa shape index (κ2) is 9.87. The molecule has 0 saturated heterocycles. The number of esters is 1. The SMILES string of the molecule is CC(C)CC(C(=O)OCC(=O)NC1CCCCCC1)N1C(=O)c2ccccc2C1=O. The molecular weight excluding hydrogens is 384 g/mol. The van der Waals surface area contributed by atoms with E-state index in [9.17, 15) is 19.2 Å². The number of nitrogens with zero attached hydrogens (tertiary/aromatic N) is 1. The van der Waals surface area contributed by atoms with Crippen LogP contribution >= 0.6 is 0 Å². The molecule has 1 N–H and O–H groups in total. The lowest BCUT2D eigenvalue weighted by Crippen LogP contribution is -2.47. The van der Waals surface area contributed by atoms with Crippen LogP contribution in [0, 0.1) is 5.92 Å². The Morgan fingerprint density at radius 3 is 2.13 bits per heavy atom. The third-order valence-corrected chi connectivity index (χ3v) is 5.67. The average Bonchev–Trinajstić information content (AvgIpc) is 2.88. The van der Waals surface area contributed by atoms with E-state index in [1.54, 1.807) is 24.3 Å². The van der Waals surface area contributed by atoms with Crippen molar-refractivity contribution in [3.8, 4) is 0 Å². The maximum absolute atomic E-state index is 12.8. The van der Waals surface area contributed by atoms with Crippen LogP contribution in [0.1, 0.15) is 79.5 Å². The lowest BCUT2D eigenvalue weighted by Gasteiger charge is -2.26. The molecule has 3 amide bonds. The standard InChI is InChI=1S/C23H30N2O5/c1-15(2)13-19(25-21(27)17-11-7-8-12-18(17)22(25)28)23(29)30-14-20(26)24-16-9-5-3-4-6-10-16/h7-8,11-12,15-16,19H,3-6,9-10,13-14H2,1-2H3,(H,24,26). The van der Waals surface area contributed by atoms with E-state index in [0.29, 0.717) is 0 Å². The molecule has 7 heteroatoms.